The van der Waals surface area contributed by atoms with Crippen molar-refractivity contribution in [2.24, 2.45) is 10.4 Å². The lowest BCUT2D eigenvalue weighted by Crippen LogP contribution is -2.48. The van der Waals surface area contributed by atoms with Gasteiger partial charge in [0.1, 0.15) is 36.0 Å². The Labute approximate surface area is 731 Å². The van der Waals surface area contributed by atoms with E-state index in [0.29, 0.717) is 0 Å². The summed E-state index contributed by atoms with van der Waals surface area (Å²) in [6.07, 6.45) is 15.0. The Kier molecular flexibility index (Phi) is 53.8. The Bertz CT molecular complexity index is 2860. The molecule has 0 amide bonds. The summed E-state index contributed by atoms with van der Waals surface area (Å²) >= 11 is 0. The molecule has 21 heteroatoms. The Balaban J connectivity index is -0.000000233. The van der Waals surface area contributed by atoms with E-state index in [9.17, 15) is 0 Å². The zero-order chi connectivity index (χ0) is 96.2. The van der Waals surface area contributed by atoms with Gasteiger partial charge in [-0.2, -0.15) is 10.2 Å². The lowest BCUT2D eigenvalue weighted by Gasteiger charge is -2.39. The average Bonchev–Trinajstić information content (AvgIpc) is 1.70. The van der Waals surface area contributed by atoms with Crippen LogP contribution in [0.4, 0.5) is 0 Å². The van der Waals surface area contributed by atoms with E-state index in [4.69, 9.17) is 0 Å². The maximum absolute atomic E-state index is 4.60. The Morgan fingerprint density at radius 3 is 0.941 bits per heavy atom. The second-order valence-electron chi connectivity index (χ2n) is 44.1. The van der Waals surface area contributed by atoms with Crippen molar-refractivity contribution in [2.75, 3.05) is 13.1 Å². The van der Waals surface area contributed by atoms with E-state index in [-0.39, 0.29) is 87.6 Å². The summed E-state index contributed by atoms with van der Waals surface area (Å²) in [5.41, 5.74) is 5.21. The van der Waals surface area contributed by atoms with Gasteiger partial charge in [-0.15, -0.1) is 20.4 Å². The molecule has 1 aliphatic rings. The Morgan fingerprint density at radius 1 is 0.280 bits per heavy atom. The highest BCUT2D eigenvalue weighted by molar-refractivity contribution is 5.89. The van der Waals surface area contributed by atoms with E-state index < -0.39 is 0 Å². The monoisotopic (exact) mass is 1660 g/mol. The van der Waals surface area contributed by atoms with Gasteiger partial charge in [0.15, 0.2) is 5.82 Å². The summed E-state index contributed by atoms with van der Waals surface area (Å²) < 4.78 is 14.6. The van der Waals surface area contributed by atoms with Gasteiger partial charge in [-0.1, -0.05) is 268 Å². The fourth-order valence-corrected chi connectivity index (χ4v) is 10.8. The van der Waals surface area contributed by atoms with Crippen molar-refractivity contribution in [3.05, 3.63) is 96.4 Å². The standard InChI is InChI=1S/C11H20N2.C11H22N2.2C11H20N2.3C10H19N3.C9H18N4.7C2H6/c1-10(2,3)9-7-12-8-13(9)11(4,5)6;2*1-10(2,3)9-12-7-8-13(9)11(4,5)6;1-10(2,3)9-7-8-12-13(9)11(4,5)6;1-9(2,3)8-12-11-7-13(8)10(4,5)6;1-9(2,3)8-11-7-12-13(8)10(4,5)6;1-9(2,3)8-7-11-12-13(8)10(4,5)6;1-8(2,3)7-10-11-12-13(7)9(4,5)6;7*1-2/h7-8H,1-6H3;7-8H2,1-6H3;2*7-8H,1-6H3;3*7H,1-6H3;1-6H3;7*1-2H3. The van der Waals surface area contributed by atoms with Crippen LogP contribution in [0.1, 0.15) is 470 Å². The van der Waals surface area contributed by atoms with E-state index >= 15 is 0 Å². The molecule has 0 fully saturated rings. The summed E-state index contributed by atoms with van der Waals surface area (Å²) in [7, 11) is 0. The van der Waals surface area contributed by atoms with Crippen molar-refractivity contribution < 1.29 is 0 Å². The van der Waals surface area contributed by atoms with Crippen LogP contribution in [0.15, 0.2) is 61.0 Å². The van der Waals surface area contributed by atoms with Crippen LogP contribution in [0.3, 0.4) is 0 Å². The molecular formula is C97H199N21. The van der Waals surface area contributed by atoms with E-state index in [1.165, 1.54) is 22.9 Å². The molecule has 0 N–H and O–H groups in total. The molecule has 692 valence electrons. The number of aliphatic imine (C=N–C) groups is 1. The van der Waals surface area contributed by atoms with Crippen LogP contribution >= 0.6 is 0 Å². The van der Waals surface area contributed by atoms with Gasteiger partial charge in [0.05, 0.1) is 46.9 Å². The van der Waals surface area contributed by atoms with E-state index in [1.54, 1.807) is 12.7 Å². The molecule has 7 aromatic rings. The lowest BCUT2D eigenvalue weighted by molar-refractivity contribution is 0.238. The number of imidazole rings is 2. The fraction of sp³-hybridized carbons (Fsp3) is 0.825. The second-order valence-corrected chi connectivity index (χ2v) is 44.1. The molecule has 21 nitrogen and oxygen atoms in total. The molecule has 0 saturated heterocycles. The first-order chi connectivity index (χ1) is 52.8. The van der Waals surface area contributed by atoms with Gasteiger partial charge in [0.2, 0.25) is 0 Å². The zero-order valence-electron chi connectivity index (χ0n) is 90.0. The minimum atomic E-state index is -0.0495. The van der Waals surface area contributed by atoms with Crippen molar-refractivity contribution in [1.82, 2.24) is 98.5 Å². The normalized spacial score (nSPS) is 12.8. The van der Waals surface area contributed by atoms with Crippen LogP contribution in [0.5, 0.6) is 0 Å². The first-order valence-corrected chi connectivity index (χ1v) is 44.8. The van der Waals surface area contributed by atoms with Crippen LogP contribution in [0.25, 0.3) is 0 Å². The molecule has 118 heavy (non-hydrogen) atoms. The number of rotatable bonds is 0. The third kappa shape index (κ3) is 44.9. The molecule has 8 heterocycles. The molecule has 0 unspecified atom stereocenters. The maximum atomic E-state index is 4.60. The number of tetrazole rings is 1. The Hall–Kier alpha value is -6.41. The first kappa shape index (κ1) is 125. The molecule has 0 bridgehead atoms. The SMILES string of the molecule is CC.CC.CC.CC.CC.CC.CC.CC(C)(C)C1=NCCN1C(C)(C)C.CC(C)(C)c1ccnn1C(C)(C)C.CC(C)(C)c1cncn1C(C)(C)C.CC(C)(C)c1cnnn1C(C)(C)C.CC(C)(C)c1nccn1C(C)(C)C.CC(C)(C)c1ncnn1C(C)(C)C.CC(C)(C)c1nncn1C(C)(C)C.CC(C)(C)c1nnnn1C(C)(C)C. The summed E-state index contributed by atoms with van der Waals surface area (Å²) in [4.78, 5) is 20.0. The van der Waals surface area contributed by atoms with Gasteiger partial charge < -0.3 is 18.6 Å². The summed E-state index contributed by atoms with van der Waals surface area (Å²) in [5.74, 6) is 5.43. The summed E-state index contributed by atoms with van der Waals surface area (Å²) in [6.45, 7) is 134. The number of amidine groups is 1. The predicted molar refractivity (Wildman–Crippen MR) is 518 cm³/mol. The largest absolute Gasteiger partial charge is 0.353 e. The van der Waals surface area contributed by atoms with Crippen molar-refractivity contribution in [3.63, 3.8) is 0 Å². The minimum Gasteiger partial charge on any atom is -0.353 e. The zero-order valence-corrected chi connectivity index (χ0v) is 90.0. The van der Waals surface area contributed by atoms with Crippen molar-refractivity contribution in [2.45, 2.75) is 511 Å². The molecule has 8 rings (SSSR count). The van der Waals surface area contributed by atoms with E-state index in [1.807, 2.05) is 142 Å². The van der Waals surface area contributed by atoms with Crippen LogP contribution < -0.4 is 0 Å². The molecule has 0 spiro atoms. The van der Waals surface area contributed by atoms with Crippen molar-refractivity contribution in [3.8, 4) is 0 Å². The van der Waals surface area contributed by atoms with Gasteiger partial charge in [-0.25, -0.2) is 29.0 Å². The van der Waals surface area contributed by atoms with Gasteiger partial charge in [0.25, 0.3) is 0 Å². The molecule has 0 radical (unpaired) electrons. The quantitative estimate of drug-likeness (QED) is 0.139. The van der Waals surface area contributed by atoms with E-state index in [0.717, 1.165) is 36.4 Å². The third-order valence-corrected chi connectivity index (χ3v) is 16.1. The second kappa shape index (κ2) is 50.9. The molecular weight excluding hydrogens is 1460 g/mol. The molecule has 0 aliphatic carbocycles. The first-order valence-electron chi connectivity index (χ1n) is 44.8. The van der Waals surface area contributed by atoms with Gasteiger partial charge in [-0.3, -0.25) is 9.67 Å². The molecule has 0 saturated carbocycles. The predicted octanol–water partition coefficient (Wildman–Crippen LogP) is 27.3. The number of hydrogen-bond acceptors (Lipinski definition) is 14. The highest BCUT2D eigenvalue weighted by Crippen LogP contribution is 2.33. The minimum absolute atomic E-state index is 0.00319. The summed E-state index contributed by atoms with van der Waals surface area (Å²) in [6, 6.07) is 2.10. The van der Waals surface area contributed by atoms with Crippen LogP contribution in [-0.4, -0.2) is 123 Å². The smallest absolute Gasteiger partial charge is 0.157 e. The molecule has 0 atom stereocenters. The van der Waals surface area contributed by atoms with E-state index in [2.05, 4.69) is 434 Å². The average molecular weight is 1660 g/mol. The van der Waals surface area contributed by atoms with Crippen molar-refractivity contribution >= 4 is 5.84 Å². The van der Waals surface area contributed by atoms with Crippen molar-refractivity contribution in [1.29, 1.82) is 0 Å². The van der Waals surface area contributed by atoms with Crippen LogP contribution in [0.2, 0.25) is 0 Å². The van der Waals surface area contributed by atoms with Gasteiger partial charge in [-0.05, 0) is 183 Å². The maximum Gasteiger partial charge on any atom is 0.157 e. The van der Waals surface area contributed by atoms with Crippen LogP contribution in [0, 0.1) is 5.41 Å². The number of hydrogen-bond donors (Lipinski definition) is 0. The fourth-order valence-electron chi connectivity index (χ4n) is 10.8. The molecule has 0 aromatic carbocycles. The lowest BCUT2D eigenvalue weighted by atomic mass is 9.91. The third-order valence-electron chi connectivity index (χ3n) is 16.1. The topological polar surface area (TPSA) is 205 Å². The summed E-state index contributed by atoms with van der Waals surface area (Å²) in [5, 5.41) is 36.6. The highest BCUT2D eigenvalue weighted by atomic mass is 15.6. The molecule has 1 aliphatic heterocycles. The van der Waals surface area contributed by atoms with Crippen LogP contribution in [-0.2, 0) is 76.7 Å². The number of nitrogens with zero attached hydrogens (tertiary/aromatic N) is 21. The Morgan fingerprint density at radius 2 is 0.669 bits per heavy atom. The van der Waals surface area contributed by atoms with Gasteiger partial charge >= 0.3 is 0 Å². The number of aromatic nitrogens is 19. The molecule has 7 aromatic heterocycles. The highest BCUT2D eigenvalue weighted by Gasteiger charge is 2.36. The van der Waals surface area contributed by atoms with Gasteiger partial charge in [0, 0.05) is 108 Å².